The number of carbonyl (C=O) groups is 4. The lowest BCUT2D eigenvalue weighted by molar-refractivity contribution is -0.141. The summed E-state index contributed by atoms with van der Waals surface area (Å²) in [4.78, 5) is 45.5. The van der Waals surface area contributed by atoms with Crippen LogP contribution in [0.15, 0.2) is 11.6 Å². The van der Waals surface area contributed by atoms with Gasteiger partial charge >= 0.3 is 5.97 Å². The van der Waals surface area contributed by atoms with Crippen molar-refractivity contribution in [3.8, 4) is 0 Å². The van der Waals surface area contributed by atoms with Gasteiger partial charge in [0, 0.05) is 0 Å². The maximum atomic E-state index is 11.4. The van der Waals surface area contributed by atoms with Crippen molar-refractivity contribution in [2.75, 3.05) is 12.9 Å². The average Bonchev–Trinajstić information content (AvgIpc) is 2.28. The largest absolute Gasteiger partial charge is 0.462 e. The number of hydrogen-bond acceptors (Lipinski definition) is 6. The smallest absolute Gasteiger partial charge is 0.343 e. The van der Waals surface area contributed by atoms with Crippen LogP contribution in [0.4, 0.5) is 0 Å². The second kappa shape index (κ2) is 5.62. The Morgan fingerprint density at radius 2 is 2.12 bits per heavy atom. The fourth-order valence-corrected chi connectivity index (χ4v) is 1.68. The molecule has 0 saturated heterocycles. The molecule has 0 spiro atoms. The molecule has 1 aliphatic rings. The van der Waals surface area contributed by atoms with Crippen molar-refractivity contribution in [2.45, 2.75) is 6.92 Å². The minimum atomic E-state index is -1.12. The summed E-state index contributed by atoms with van der Waals surface area (Å²) in [5.74, 6) is -3.51. The van der Waals surface area contributed by atoms with Gasteiger partial charge in [-0.2, -0.15) is 0 Å². The Morgan fingerprint density at radius 1 is 1.47 bits per heavy atom. The van der Waals surface area contributed by atoms with E-state index in [0.29, 0.717) is 0 Å². The number of rotatable bonds is 3. The third-order valence-corrected chi connectivity index (χ3v) is 2.70. The van der Waals surface area contributed by atoms with Crippen LogP contribution in [0.1, 0.15) is 6.92 Å². The molecule has 0 saturated carbocycles. The first-order chi connectivity index (χ1) is 8.01. The summed E-state index contributed by atoms with van der Waals surface area (Å²) in [6.45, 7) is 1.70. The lowest BCUT2D eigenvalue weighted by Gasteiger charge is -2.17. The number of esters is 1. The first-order valence-electron chi connectivity index (χ1n) is 4.83. The van der Waals surface area contributed by atoms with Gasteiger partial charge in [0.2, 0.25) is 11.0 Å². The molecule has 1 rings (SSSR count). The van der Waals surface area contributed by atoms with Crippen LogP contribution in [-0.4, -0.2) is 35.8 Å². The third-order valence-electron chi connectivity index (χ3n) is 2.05. The molecule has 1 aliphatic heterocycles. The standard InChI is InChI=1S/C10H11NO5S/c1-3-16-9(14)5-4-6(10(15)17-2)8(13)11-7(5)12/h4,6H,3H2,1-2H3,(H,11,12,13). The minimum absolute atomic E-state index is 0.110. The van der Waals surface area contributed by atoms with E-state index in [1.165, 1.54) is 6.26 Å². The predicted octanol–water partition coefficient (Wildman–Crippen LogP) is -0.362. The topological polar surface area (TPSA) is 89.5 Å². The van der Waals surface area contributed by atoms with Gasteiger partial charge in [-0.25, -0.2) is 4.79 Å². The van der Waals surface area contributed by atoms with Crippen LogP contribution in [-0.2, 0) is 23.9 Å². The van der Waals surface area contributed by atoms with Gasteiger partial charge in [-0.3, -0.25) is 19.7 Å². The molecule has 7 heteroatoms. The molecule has 0 aliphatic carbocycles. The minimum Gasteiger partial charge on any atom is -0.462 e. The molecule has 0 aromatic heterocycles. The van der Waals surface area contributed by atoms with Crippen molar-refractivity contribution in [3.63, 3.8) is 0 Å². The van der Waals surface area contributed by atoms with Gasteiger partial charge in [0.05, 0.1) is 6.61 Å². The Kier molecular flexibility index (Phi) is 4.45. The average molecular weight is 257 g/mol. The molecule has 1 heterocycles. The lowest BCUT2D eigenvalue weighted by Crippen LogP contribution is -2.44. The Bertz CT molecular complexity index is 415. The highest BCUT2D eigenvalue weighted by molar-refractivity contribution is 8.13. The van der Waals surface area contributed by atoms with Crippen LogP contribution < -0.4 is 5.32 Å². The van der Waals surface area contributed by atoms with Crippen LogP contribution in [0.25, 0.3) is 0 Å². The van der Waals surface area contributed by atoms with E-state index in [2.05, 4.69) is 4.74 Å². The molecule has 0 aromatic carbocycles. The van der Waals surface area contributed by atoms with Crippen LogP contribution in [0.2, 0.25) is 0 Å². The number of ether oxygens (including phenoxy) is 1. The molecule has 1 unspecified atom stereocenters. The summed E-state index contributed by atoms with van der Waals surface area (Å²) in [6.07, 6.45) is 2.57. The number of carbonyl (C=O) groups excluding carboxylic acids is 4. The Balaban J connectivity index is 3.02. The van der Waals surface area contributed by atoms with Crippen molar-refractivity contribution >= 4 is 34.7 Å². The van der Waals surface area contributed by atoms with Crippen molar-refractivity contribution in [1.29, 1.82) is 0 Å². The van der Waals surface area contributed by atoms with Crippen LogP contribution in [0.5, 0.6) is 0 Å². The van der Waals surface area contributed by atoms with E-state index in [1.54, 1.807) is 6.92 Å². The zero-order valence-corrected chi connectivity index (χ0v) is 10.1. The van der Waals surface area contributed by atoms with E-state index in [4.69, 9.17) is 0 Å². The number of thioether (sulfide) groups is 1. The van der Waals surface area contributed by atoms with Crippen LogP contribution >= 0.6 is 11.8 Å². The molecule has 0 bridgehead atoms. The van der Waals surface area contributed by atoms with Crippen molar-refractivity contribution in [3.05, 3.63) is 11.6 Å². The molecule has 17 heavy (non-hydrogen) atoms. The summed E-state index contributed by atoms with van der Waals surface area (Å²) in [5.41, 5.74) is -0.307. The third kappa shape index (κ3) is 2.94. The fourth-order valence-electron chi connectivity index (χ4n) is 1.25. The Morgan fingerprint density at radius 3 is 2.65 bits per heavy atom. The second-order valence-corrected chi connectivity index (χ2v) is 3.93. The number of nitrogens with one attached hydrogen (secondary N) is 1. The maximum Gasteiger partial charge on any atom is 0.343 e. The molecule has 0 radical (unpaired) electrons. The van der Waals surface area contributed by atoms with E-state index in [-0.39, 0.29) is 12.2 Å². The quantitative estimate of drug-likeness (QED) is 0.321. The molecular weight excluding hydrogens is 246 g/mol. The highest BCUT2D eigenvalue weighted by Crippen LogP contribution is 2.17. The number of imide groups is 1. The second-order valence-electron chi connectivity index (χ2n) is 3.12. The van der Waals surface area contributed by atoms with Gasteiger partial charge in [-0.05, 0) is 19.3 Å². The Labute approximate surface area is 102 Å². The van der Waals surface area contributed by atoms with Gasteiger partial charge in [0.1, 0.15) is 11.5 Å². The van der Waals surface area contributed by atoms with Gasteiger partial charge in [0.15, 0.2) is 0 Å². The zero-order chi connectivity index (χ0) is 13.0. The first kappa shape index (κ1) is 13.4. The molecule has 1 N–H and O–H groups in total. The molecule has 1 atom stereocenters. The van der Waals surface area contributed by atoms with E-state index >= 15 is 0 Å². The summed E-state index contributed by atoms with van der Waals surface area (Å²) in [5, 5.41) is 1.52. The zero-order valence-electron chi connectivity index (χ0n) is 9.31. The Hall–Kier alpha value is -1.63. The summed E-state index contributed by atoms with van der Waals surface area (Å²) in [6, 6.07) is 0. The monoisotopic (exact) mass is 257 g/mol. The van der Waals surface area contributed by atoms with Gasteiger partial charge in [-0.1, -0.05) is 11.8 Å². The van der Waals surface area contributed by atoms with E-state index < -0.39 is 28.8 Å². The fraction of sp³-hybridized carbons (Fsp3) is 0.400. The summed E-state index contributed by atoms with van der Waals surface area (Å²) < 4.78 is 4.65. The van der Waals surface area contributed by atoms with E-state index in [9.17, 15) is 19.2 Å². The van der Waals surface area contributed by atoms with Crippen molar-refractivity contribution in [2.24, 2.45) is 5.92 Å². The number of hydrogen-bond donors (Lipinski definition) is 1. The summed E-state index contributed by atoms with van der Waals surface area (Å²) in [7, 11) is 0. The lowest BCUT2D eigenvalue weighted by atomic mass is 10.0. The molecule has 92 valence electrons. The van der Waals surface area contributed by atoms with Gasteiger partial charge in [0.25, 0.3) is 5.91 Å². The molecular formula is C10H11NO5S. The van der Waals surface area contributed by atoms with Gasteiger partial charge in [-0.15, -0.1) is 0 Å². The maximum absolute atomic E-state index is 11.4. The molecule has 6 nitrogen and oxygen atoms in total. The predicted molar refractivity (Wildman–Crippen MR) is 59.9 cm³/mol. The number of amides is 2. The highest BCUT2D eigenvalue weighted by atomic mass is 32.2. The van der Waals surface area contributed by atoms with Crippen LogP contribution in [0.3, 0.4) is 0 Å². The molecule has 2 amide bonds. The van der Waals surface area contributed by atoms with E-state index in [1.807, 2.05) is 5.32 Å². The van der Waals surface area contributed by atoms with Crippen molar-refractivity contribution < 1.29 is 23.9 Å². The summed E-state index contributed by atoms with van der Waals surface area (Å²) >= 11 is 0.856. The normalized spacial score (nSPS) is 19.4. The highest BCUT2D eigenvalue weighted by Gasteiger charge is 2.35. The SMILES string of the molecule is CCOC(=O)C1=CC(C(=O)SC)C(=O)NC1=O. The molecule has 0 aromatic rings. The van der Waals surface area contributed by atoms with E-state index in [0.717, 1.165) is 17.8 Å². The van der Waals surface area contributed by atoms with Crippen LogP contribution in [0, 0.1) is 5.92 Å². The molecule has 0 fully saturated rings. The first-order valence-corrected chi connectivity index (χ1v) is 6.05. The van der Waals surface area contributed by atoms with Gasteiger partial charge < -0.3 is 4.74 Å². The van der Waals surface area contributed by atoms with Crippen molar-refractivity contribution in [1.82, 2.24) is 5.32 Å².